The maximum Gasteiger partial charge on any atom is 0.0211 e. The maximum absolute atomic E-state index is 3.52. The second-order valence-electron chi connectivity index (χ2n) is 5.01. The smallest absolute Gasteiger partial charge is 0.0211 e. The van der Waals surface area contributed by atoms with Gasteiger partial charge < -0.3 is 0 Å². The molecular weight excluding hydrogens is 515 g/mol. The monoisotopic (exact) mass is 530 g/mol. The minimum absolute atomic E-state index is 0.977. The van der Waals surface area contributed by atoms with Crippen molar-refractivity contribution >= 4 is 66.1 Å². The van der Waals surface area contributed by atoms with Gasteiger partial charge in [-0.25, -0.2) is 0 Å². The van der Waals surface area contributed by atoms with Crippen molar-refractivity contribution in [3.63, 3.8) is 0 Å². The third kappa shape index (κ3) is 5.36. The van der Waals surface area contributed by atoms with Crippen LogP contribution in [0, 0.1) is 6.92 Å². The molecule has 0 radical (unpaired) electrons. The van der Waals surface area contributed by atoms with Crippen LogP contribution in [-0.4, -0.2) is 5.33 Å². The lowest BCUT2D eigenvalue weighted by molar-refractivity contribution is 1.26. The van der Waals surface area contributed by atoms with Crippen molar-refractivity contribution in [1.29, 1.82) is 0 Å². The molecule has 0 aromatic heterocycles. The first-order chi connectivity index (χ1) is 10.6. The molecule has 0 aliphatic rings. The Bertz CT molecular complexity index is 685. The number of hydrogen-bond donors (Lipinski definition) is 0. The first kappa shape index (κ1) is 18.0. The van der Waals surface area contributed by atoms with Gasteiger partial charge in [-0.2, -0.15) is 0 Å². The molecule has 0 saturated heterocycles. The summed E-state index contributed by atoms with van der Waals surface area (Å²) in [7, 11) is 0. The van der Waals surface area contributed by atoms with E-state index in [-0.39, 0.29) is 0 Å². The molecule has 0 bridgehead atoms. The fourth-order valence-corrected chi connectivity index (χ4v) is 3.53. The number of alkyl halides is 1. The van der Waals surface area contributed by atoms with E-state index >= 15 is 0 Å². The lowest BCUT2D eigenvalue weighted by atomic mass is 10.0. The van der Waals surface area contributed by atoms with Crippen molar-refractivity contribution in [3.05, 3.63) is 79.3 Å². The topological polar surface area (TPSA) is 0 Å². The molecule has 2 aromatic carbocycles. The minimum atomic E-state index is 0.977. The summed E-state index contributed by atoms with van der Waals surface area (Å²) in [5, 5.41) is 0.977. The molecule has 0 fully saturated rings. The number of aryl methyl sites for hydroxylation is 1. The number of benzene rings is 2. The molecule has 0 aliphatic carbocycles. The molecule has 0 N–H and O–H groups in total. The van der Waals surface area contributed by atoms with E-state index in [9.17, 15) is 0 Å². The molecular formula is C19H17Br2I. The van der Waals surface area contributed by atoms with Gasteiger partial charge in [0, 0.05) is 13.4 Å². The Kier molecular flexibility index (Phi) is 7.38. The lowest BCUT2D eigenvalue weighted by Crippen LogP contribution is -1.87. The van der Waals surface area contributed by atoms with Gasteiger partial charge in [0.2, 0.25) is 0 Å². The highest BCUT2D eigenvalue weighted by Crippen LogP contribution is 2.31. The van der Waals surface area contributed by atoms with E-state index in [2.05, 4.69) is 122 Å². The SMILES string of the molecule is Cc1cccc(C(=C/CCBr)/C(I)=C/c2ccc(Br)cc2)c1. The van der Waals surface area contributed by atoms with Gasteiger partial charge in [0.1, 0.15) is 0 Å². The van der Waals surface area contributed by atoms with E-state index in [1.165, 1.54) is 25.8 Å². The summed E-state index contributed by atoms with van der Waals surface area (Å²) in [5.74, 6) is 0. The summed E-state index contributed by atoms with van der Waals surface area (Å²) in [5.41, 5.74) is 5.07. The van der Waals surface area contributed by atoms with Gasteiger partial charge in [-0.05, 0) is 70.8 Å². The standard InChI is InChI=1S/C19H17Br2I/c1-14-4-2-5-16(12-14)18(6-3-11-20)19(22)13-15-7-9-17(21)10-8-15/h2,4-10,12-13H,3,11H2,1H3/b18-6-,19-13-. The van der Waals surface area contributed by atoms with Crippen LogP contribution in [0.3, 0.4) is 0 Å². The third-order valence-electron chi connectivity index (χ3n) is 3.21. The van der Waals surface area contributed by atoms with Gasteiger partial charge in [0.15, 0.2) is 0 Å². The van der Waals surface area contributed by atoms with Crippen LogP contribution < -0.4 is 0 Å². The summed E-state index contributed by atoms with van der Waals surface area (Å²) < 4.78 is 2.36. The molecule has 114 valence electrons. The van der Waals surface area contributed by atoms with Crippen molar-refractivity contribution in [1.82, 2.24) is 0 Å². The zero-order valence-corrected chi connectivity index (χ0v) is 17.7. The van der Waals surface area contributed by atoms with E-state index in [4.69, 9.17) is 0 Å². The number of allylic oxidation sites excluding steroid dienone is 3. The Balaban J connectivity index is 2.38. The average Bonchev–Trinajstić information content (AvgIpc) is 2.50. The van der Waals surface area contributed by atoms with E-state index in [0.717, 1.165) is 16.2 Å². The van der Waals surface area contributed by atoms with Crippen molar-refractivity contribution in [2.75, 3.05) is 5.33 Å². The molecule has 2 aromatic rings. The van der Waals surface area contributed by atoms with Gasteiger partial charge in [0.05, 0.1) is 0 Å². The Morgan fingerprint density at radius 1 is 1.14 bits per heavy atom. The second-order valence-corrected chi connectivity index (χ2v) is 7.88. The summed E-state index contributed by atoms with van der Waals surface area (Å²) >= 11 is 9.43. The van der Waals surface area contributed by atoms with Gasteiger partial charge in [-0.15, -0.1) is 0 Å². The lowest BCUT2D eigenvalue weighted by Gasteiger charge is -2.09. The number of rotatable bonds is 5. The maximum atomic E-state index is 3.52. The first-order valence-electron chi connectivity index (χ1n) is 7.06. The number of hydrogen-bond acceptors (Lipinski definition) is 0. The van der Waals surface area contributed by atoms with Crippen LogP contribution in [0.15, 0.2) is 62.7 Å². The molecule has 0 amide bonds. The van der Waals surface area contributed by atoms with Crippen LogP contribution >= 0.6 is 54.5 Å². The quantitative estimate of drug-likeness (QED) is 0.214. The molecule has 0 spiro atoms. The first-order valence-corrected chi connectivity index (χ1v) is 10.1. The predicted octanol–water partition coefficient (Wildman–Crippen LogP) is 7.40. The van der Waals surface area contributed by atoms with Crippen LogP contribution in [0.2, 0.25) is 0 Å². The molecule has 0 aliphatic heterocycles. The van der Waals surface area contributed by atoms with Gasteiger partial charge in [-0.1, -0.05) is 79.9 Å². The van der Waals surface area contributed by atoms with Crippen molar-refractivity contribution < 1.29 is 0 Å². The fourth-order valence-electron chi connectivity index (χ4n) is 2.15. The van der Waals surface area contributed by atoms with E-state index in [1.54, 1.807) is 0 Å². The largest absolute Gasteiger partial charge is 0.0925 e. The molecule has 0 nitrogen and oxygen atoms in total. The second kappa shape index (κ2) is 9.04. The van der Waals surface area contributed by atoms with E-state index in [1.807, 2.05) is 0 Å². The normalized spacial score (nSPS) is 12.5. The fraction of sp³-hybridized carbons (Fsp3) is 0.158. The Hall–Kier alpha value is -0.390. The van der Waals surface area contributed by atoms with Gasteiger partial charge in [0.25, 0.3) is 0 Å². The zero-order valence-electron chi connectivity index (χ0n) is 12.3. The highest BCUT2D eigenvalue weighted by Gasteiger charge is 2.06. The average molecular weight is 532 g/mol. The van der Waals surface area contributed by atoms with Crippen LogP contribution in [0.4, 0.5) is 0 Å². The Morgan fingerprint density at radius 2 is 1.86 bits per heavy atom. The highest BCUT2D eigenvalue weighted by molar-refractivity contribution is 14.1. The molecule has 0 unspecified atom stereocenters. The van der Waals surface area contributed by atoms with Crippen molar-refractivity contribution in [2.45, 2.75) is 13.3 Å². The Morgan fingerprint density at radius 3 is 2.50 bits per heavy atom. The van der Waals surface area contributed by atoms with Crippen LogP contribution in [0.25, 0.3) is 11.6 Å². The summed E-state index contributed by atoms with van der Waals surface area (Å²) in [6.07, 6.45) is 5.56. The van der Waals surface area contributed by atoms with E-state index in [0.29, 0.717) is 0 Å². The van der Waals surface area contributed by atoms with Gasteiger partial charge >= 0.3 is 0 Å². The van der Waals surface area contributed by atoms with Crippen LogP contribution in [0.5, 0.6) is 0 Å². The zero-order chi connectivity index (χ0) is 15.9. The third-order valence-corrected chi connectivity index (χ3v) is 5.09. The molecule has 3 heteroatoms. The van der Waals surface area contributed by atoms with Crippen LogP contribution in [0.1, 0.15) is 23.1 Å². The summed E-state index contributed by atoms with van der Waals surface area (Å²) in [6, 6.07) is 17.1. The summed E-state index contributed by atoms with van der Waals surface area (Å²) in [4.78, 5) is 0. The minimum Gasteiger partial charge on any atom is -0.0925 e. The van der Waals surface area contributed by atoms with Crippen molar-refractivity contribution in [2.24, 2.45) is 0 Å². The predicted molar refractivity (Wildman–Crippen MR) is 114 cm³/mol. The highest BCUT2D eigenvalue weighted by atomic mass is 127. The molecule has 22 heavy (non-hydrogen) atoms. The Labute approximate surface area is 163 Å². The molecule has 0 atom stereocenters. The number of halogens is 3. The molecule has 2 rings (SSSR count). The molecule has 0 saturated carbocycles. The molecule has 0 heterocycles. The van der Waals surface area contributed by atoms with Gasteiger partial charge in [-0.3, -0.25) is 0 Å². The van der Waals surface area contributed by atoms with Crippen LogP contribution in [-0.2, 0) is 0 Å². The van der Waals surface area contributed by atoms with E-state index < -0.39 is 0 Å². The van der Waals surface area contributed by atoms with Crippen molar-refractivity contribution in [3.8, 4) is 0 Å². The summed E-state index contributed by atoms with van der Waals surface area (Å²) in [6.45, 7) is 2.14.